The zero-order chi connectivity index (χ0) is 15.2. The fourth-order valence-corrected chi connectivity index (χ4v) is 2.32. The summed E-state index contributed by atoms with van der Waals surface area (Å²) < 4.78 is 18.9. The molecule has 2 aromatic rings. The molecule has 0 aliphatic heterocycles. The number of halogens is 1. The summed E-state index contributed by atoms with van der Waals surface area (Å²) in [5.74, 6) is -0.0886. The van der Waals surface area contributed by atoms with E-state index in [9.17, 15) is 4.39 Å². The fourth-order valence-electron chi connectivity index (χ4n) is 2.32. The number of benzene rings is 1. The predicted octanol–water partition coefficient (Wildman–Crippen LogP) is 3.63. The van der Waals surface area contributed by atoms with Crippen molar-refractivity contribution in [3.8, 4) is 5.75 Å². The van der Waals surface area contributed by atoms with Gasteiger partial charge in [0.25, 0.3) is 0 Å². The van der Waals surface area contributed by atoms with Gasteiger partial charge in [-0.3, -0.25) is 4.98 Å². The Morgan fingerprint density at radius 1 is 1.24 bits per heavy atom. The third kappa shape index (κ3) is 3.79. The van der Waals surface area contributed by atoms with Crippen LogP contribution in [0.1, 0.15) is 36.1 Å². The van der Waals surface area contributed by atoms with Crippen LogP contribution in [-0.4, -0.2) is 18.6 Å². The SMILES string of the molecule is CCCNC(c1cncc(C)c1)c1ccc(OC)c(F)c1. The molecule has 0 fully saturated rings. The molecule has 0 saturated carbocycles. The van der Waals surface area contributed by atoms with Crippen LogP contribution in [-0.2, 0) is 0 Å². The van der Waals surface area contributed by atoms with Gasteiger partial charge < -0.3 is 10.1 Å². The molecule has 0 bridgehead atoms. The third-order valence-corrected chi connectivity index (χ3v) is 3.34. The van der Waals surface area contributed by atoms with E-state index in [1.807, 2.05) is 25.4 Å². The molecule has 1 atom stereocenters. The first-order chi connectivity index (χ1) is 10.2. The molecular formula is C17H21FN2O. The van der Waals surface area contributed by atoms with Crippen molar-refractivity contribution in [2.75, 3.05) is 13.7 Å². The van der Waals surface area contributed by atoms with Crippen molar-refractivity contribution in [3.05, 3.63) is 59.2 Å². The molecule has 21 heavy (non-hydrogen) atoms. The quantitative estimate of drug-likeness (QED) is 0.881. The number of rotatable bonds is 6. The van der Waals surface area contributed by atoms with Crippen molar-refractivity contribution in [1.29, 1.82) is 0 Å². The minimum atomic E-state index is -0.348. The number of hydrogen-bond acceptors (Lipinski definition) is 3. The second-order valence-electron chi connectivity index (χ2n) is 5.08. The van der Waals surface area contributed by atoms with E-state index in [-0.39, 0.29) is 17.6 Å². The molecule has 0 aliphatic rings. The molecule has 3 nitrogen and oxygen atoms in total. The lowest BCUT2D eigenvalue weighted by molar-refractivity contribution is 0.385. The van der Waals surface area contributed by atoms with Crippen LogP contribution in [0.2, 0.25) is 0 Å². The Kier molecular flexibility index (Phi) is 5.28. The van der Waals surface area contributed by atoms with Gasteiger partial charge in [0, 0.05) is 12.4 Å². The van der Waals surface area contributed by atoms with Gasteiger partial charge in [-0.2, -0.15) is 0 Å². The second-order valence-corrected chi connectivity index (χ2v) is 5.08. The number of nitrogens with zero attached hydrogens (tertiary/aromatic N) is 1. The summed E-state index contributed by atoms with van der Waals surface area (Å²) in [7, 11) is 1.47. The van der Waals surface area contributed by atoms with Crippen molar-refractivity contribution < 1.29 is 9.13 Å². The zero-order valence-corrected chi connectivity index (χ0v) is 12.7. The number of methoxy groups -OCH3 is 1. The molecule has 1 N–H and O–H groups in total. The van der Waals surface area contributed by atoms with E-state index in [1.165, 1.54) is 13.2 Å². The van der Waals surface area contributed by atoms with Gasteiger partial charge in [0.1, 0.15) is 0 Å². The normalized spacial score (nSPS) is 12.2. The molecule has 4 heteroatoms. The van der Waals surface area contributed by atoms with Crippen LogP contribution in [0.3, 0.4) is 0 Å². The first-order valence-electron chi connectivity index (χ1n) is 7.14. The number of nitrogens with one attached hydrogen (secondary N) is 1. The second kappa shape index (κ2) is 7.18. The number of pyridine rings is 1. The summed E-state index contributed by atoms with van der Waals surface area (Å²) in [6.45, 7) is 4.96. The van der Waals surface area contributed by atoms with Crippen LogP contribution in [0, 0.1) is 12.7 Å². The van der Waals surface area contributed by atoms with Gasteiger partial charge in [-0.05, 0) is 48.7 Å². The van der Waals surface area contributed by atoms with Crippen molar-refractivity contribution in [2.45, 2.75) is 26.3 Å². The highest BCUT2D eigenvalue weighted by Crippen LogP contribution is 2.26. The highest BCUT2D eigenvalue weighted by atomic mass is 19.1. The van der Waals surface area contributed by atoms with Gasteiger partial charge in [-0.25, -0.2) is 4.39 Å². The van der Waals surface area contributed by atoms with E-state index in [0.717, 1.165) is 29.7 Å². The van der Waals surface area contributed by atoms with Crippen LogP contribution >= 0.6 is 0 Å². The van der Waals surface area contributed by atoms with E-state index >= 15 is 0 Å². The van der Waals surface area contributed by atoms with E-state index in [0.29, 0.717) is 0 Å². The first kappa shape index (κ1) is 15.4. The van der Waals surface area contributed by atoms with E-state index in [4.69, 9.17) is 4.74 Å². The van der Waals surface area contributed by atoms with Crippen molar-refractivity contribution in [3.63, 3.8) is 0 Å². The lowest BCUT2D eigenvalue weighted by Crippen LogP contribution is -2.23. The maximum Gasteiger partial charge on any atom is 0.165 e. The number of ether oxygens (including phenoxy) is 1. The Balaban J connectivity index is 2.37. The van der Waals surface area contributed by atoms with Gasteiger partial charge in [-0.15, -0.1) is 0 Å². The summed E-state index contributed by atoms with van der Waals surface area (Å²) in [5.41, 5.74) is 2.99. The molecule has 0 spiro atoms. The minimum Gasteiger partial charge on any atom is -0.494 e. The molecule has 112 valence electrons. The average Bonchev–Trinajstić information content (AvgIpc) is 2.48. The van der Waals surface area contributed by atoms with Gasteiger partial charge in [-0.1, -0.05) is 19.1 Å². The average molecular weight is 288 g/mol. The maximum atomic E-state index is 14.0. The van der Waals surface area contributed by atoms with Crippen molar-refractivity contribution in [1.82, 2.24) is 10.3 Å². The Morgan fingerprint density at radius 2 is 2.05 bits per heavy atom. The van der Waals surface area contributed by atoms with Crippen LogP contribution in [0.25, 0.3) is 0 Å². The first-order valence-corrected chi connectivity index (χ1v) is 7.14. The maximum absolute atomic E-state index is 14.0. The van der Waals surface area contributed by atoms with Crippen molar-refractivity contribution >= 4 is 0 Å². The predicted molar refractivity (Wildman–Crippen MR) is 82.1 cm³/mol. The molecule has 0 radical (unpaired) electrons. The molecular weight excluding hydrogens is 267 g/mol. The molecule has 1 unspecified atom stereocenters. The molecule has 2 rings (SSSR count). The Hall–Kier alpha value is -1.94. The largest absolute Gasteiger partial charge is 0.494 e. The third-order valence-electron chi connectivity index (χ3n) is 3.34. The van der Waals surface area contributed by atoms with Gasteiger partial charge in [0.2, 0.25) is 0 Å². The van der Waals surface area contributed by atoms with Crippen LogP contribution in [0.4, 0.5) is 4.39 Å². The van der Waals surface area contributed by atoms with Gasteiger partial charge in [0.15, 0.2) is 11.6 Å². The van der Waals surface area contributed by atoms with Crippen LogP contribution in [0.15, 0.2) is 36.7 Å². The number of aryl methyl sites for hydroxylation is 1. The molecule has 0 amide bonds. The standard InChI is InChI=1S/C17H21FN2O/c1-4-7-20-17(14-8-12(2)10-19-11-14)13-5-6-16(21-3)15(18)9-13/h5-6,8-11,17,20H,4,7H2,1-3H3. The summed E-state index contributed by atoms with van der Waals surface area (Å²) in [6, 6.07) is 7.07. The lowest BCUT2D eigenvalue weighted by Gasteiger charge is -2.20. The zero-order valence-electron chi connectivity index (χ0n) is 12.7. The Bertz CT molecular complexity index is 601. The topological polar surface area (TPSA) is 34.2 Å². The smallest absolute Gasteiger partial charge is 0.165 e. The number of aromatic nitrogens is 1. The number of hydrogen-bond donors (Lipinski definition) is 1. The van der Waals surface area contributed by atoms with Gasteiger partial charge >= 0.3 is 0 Å². The molecule has 0 aliphatic carbocycles. The van der Waals surface area contributed by atoms with E-state index < -0.39 is 0 Å². The lowest BCUT2D eigenvalue weighted by atomic mass is 9.98. The van der Waals surface area contributed by atoms with Crippen LogP contribution < -0.4 is 10.1 Å². The molecule has 1 heterocycles. The monoisotopic (exact) mass is 288 g/mol. The Labute approximate surface area is 125 Å². The molecule has 0 saturated heterocycles. The molecule has 1 aromatic carbocycles. The summed E-state index contributed by atoms with van der Waals surface area (Å²) >= 11 is 0. The van der Waals surface area contributed by atoms with Crippen molar-refractivity contribution in [2.24, 2.45) is 0 Å². The molecule has 1 aromatic heterocycles. The fraction of sp³-hybridized carbons (Fsp3) is 0.353. The van der Waals surface area contributed by atoms with Gasteiger partial charge in [0.05, 0.1) is 13.2 Å². The van der Waals surface area contributed by atoms with Crippen LogP contribution in [0.5, 0.6) is 5.75 Å². The van der Waals surface area contributed by atoms with E-state index in [2.05, 4.69) is 23.3 Å². The summed E-state index contributed by atoms with van der Waals surface area (Å²) in [5, 5.41) is 3.45. The summed E-state index contributed by atoms with van der Waals surface area (Å²) in [4.78, 5) is 4.24. The highest BCUT2D eigenvalue weighted by Gasteiger charge is 2.16. The minimum absolute atomic E-state index is 0.0715. The highest BCUT2D eigenvalue weighted by molar-refractivity contribution is 5.36. The Morgan fingerprint density at radius 3 is 2.67 bits per heavy atom. The van der Waals surface area contributed by atoms with E-state index in [1.54, 1.807) is 6.07 Å². The summed E-state index contributed by atoms with van der Waals surface area (Å²) in [6.07, 6.45) is 4.64.